The Kier molecular flexibility index (Phi) is 7.25. The van der Waals surface area contributed by atoms with Crippen LogP contribution in [-0.2, 0) is 11.3 Å². The average Bonchev–Trinajstić information content (AvgIpc) is 3.31. The topological polar surface area (TPSA) is 99.8 Å². The van der Waals surface area contributed by atoms with Crippen LogP contribution < -0.4 is 5.56 Å². The third-order valence-electron chi connectivity index (χ3n) is 7.98. The number of aliphatic hydroxyl groups is 1. The summed E-state index contributed by atoms with van der Waals surface area (Å²) in [6.07, 6.45) is -1.65. The quantitative estimate of drug-likeness (QED) is 0.591. The molecule has 1 unspecified atom stereocenters. The van der Waals surface area contributed by atoms with E-state index in [1.165, 1.54) is 28.7 Å². The number of benzene rings is 1. The molecule has 1 aromatic heterocycles. The van der Waals surface area contributed by atoms with Crippen molar-refractivity contribution in [3.8, 4) is 11.1 Å². The molecule has 37 heavy (non-hydrogen) atoms. The fourth-order valence-electron chi connectivity index (χ4n) is 6.04. The van der Waals surface area contributed by atoms with E-state index in [1.54, 1.807) is 30.3 Å². The molecule has 2 aromatic rings. The SMILES string of the molecule is C[C@H](CC(F)(F)F)C(=O)N1CCC(O)(Cn2cc(C(=O)O)c(-c3ccccc3)cc2=O)C2(CCCC2)C1. The van der Waals surface area contributed by atoms with Crippen molar-refractivity contribution in [1.29, 1.82) is 0 Å². The van der Waals surface area contributed by atoms with Gasteiger partial charge >= 0.3 is 12.1 Å². The second kappa shape index (κ2) is 9.96. The van der Waals surface area contributed by atoms with Crippen LogP contribution in [0, 0.1) is 11.3 Å². The van der Waals surface area contributed by atoms with E-state index < -0.39 is 47.0 Å². The van der Waals surface area contributed by atoms with E-state index in [-0.39, 0.29) is 37.2 Å². The Morgan fingerprint density at radius 2 is 1.76 bits per heavy atom. The molecule has 1 saturated heterocycles. The third kappa shape index (κ3) is 5.44. The number of carbonyl (C=O) groups excluding carboxylic acids is 1. The minimum absolute atomic E-state index is 0.0575. The summed E-state index contributed by atoms with van der Waals surface area (Å²) in [6.45, 7) is 1.26. The van der Waals surface area contributed by atoms with Crippen molar-refractivity contribution in [3.05, 3.63) is 58.5 Å². The van der Waals surface area contributed by atoms with Crippen LogP contribution in [0.5, 0.6) is 0 Å². The molecule has 2 fully saturated rings. The normalized spacial score (nSPS) is 22.2. The standard InChI is InChI=1S/C27H31F3N2O5/c1-18(14-27(28,29)30)23(34)31-12-11-26(37,25(16-31)9-5-6-10-25)17-32-15-21(24(35)36)20(13-22(32)33)19-7-3-2-4-8-19/h2-4,7-8,13,15,18,37H,5-6,9-12,14,16-17H2,1H3,(H,35,36)/t18-,26?/m1/s1. The van der Waals surface area contributed by atoms with Crippen LogP contribution in [-0.4, -0.2) is 56.4 Å². The van der Waals surface area contributed by atoms with E-state index in [4.69, 9.17) is 0 Å². The Hall–Kier alpha value is -3.14. The first-order valence-corrected chi connectivity index (χ1v) is 12.5. The van der Waals surface area contributed by atoms with Crippen LogP contribution in [0.4, 0.5) is 13.2 Å². The third-order valence-corrected chi connectivity index (χ3v) is 7.98. The van der Waals surface area contributed by atoms with Crippen molar-refractivity contribution in [2.45, 2.75) is 63.8 Å². The van der Waals surface area contributed by atoms with Gasteiger partial charge in [-0.2, -0.15) is 13.2 Å². The number of likely N-dealkylation sites (tertiary alicyclic amines) is 1. The molecule has 1 amide bonds. The molecule has 1 aliphatic carbocycles. The van der Waals surface area contributed by atoms with Crippen molar-refractivity contribution in [2.75, 3.05) is 13.1 Å². The molecular weight excluding hydrogens is 489 g/mol. The van der Waals surface area contributed by atoms with Crippen molar-refractivity contribution in [1.82, 2.24) is 9.47 Å². The van der Waals surface area contributed by atoms with E-state index in [9.17, 15) is 37.8 Å². The number of halogens is 3. The summed E-state index contributed by atoms with van der Waals surface area (Å²) in [5, 5.41) is 21.8. The Morgan fingerprint density at radius 1 is 1.11 bits per heavy atom. The molecule has 7 nitrogen and oxygen atoms in total. The van der Waals surface area contributed by atoms with Crippen LogP contribution in [0.1, 0.15) is 55.8 Å². The van der Waals surface area contributed by atoms with E-state index in [2.05, 4.69) is 0 Å². The molecule has 2 aliphatic rings. The first kappa shape index (κ1) is 26.9. The smallest absolute Gasteiger partial charge is 0.389 e. The van der Waals surface area contributed by atoms with Gasteiger partial charge in [0.05, 0.1) is 24.1 Å². The number of hydrogen-bond donors (Lipinski definition) is 2. The van der Waals surface area contributed by atoms with Crippen LogP contribution >= 0.6 is 0 Å². The fraction of sp³-hybridized carbons (Fsp3) is 0.519. The predicted octanol–water partition coefficient (Wildman–Crippen LogP) is 4.33. The van der Waals surface area contributed by atoms with Gasteiger partial charge in [-0.15, -0.1) is 0 Å². The molecular formula is C27H31F3N2O5. The number of carboxylic acid groups (broad SMARTS) is 1. The number of alkyl halides is 3. The number of hydrogen-bond acceptors (Lipinski definition) is 4. The molecule has 2 atom stereocenters. The molecule has 0 radical (unpaired) electrons. The maximum Gasteiger partial charge on any atom is 0.389 e. The zero-order chi connectivity index (χ0) is 27.0. The molecule has 1 aromatic carbocycles. The number of aromatic nitrogens is 1. The van der Waals surface area contributed by atoms with E-state index in [1.807, 2.05) is 0 Å². The molecule has 0 bridgehead atoms. The highest BCUT2D eigenvalue weighted by Crippen LogP contribution is 2.52. The number of carbonyl (C=O) groups is 2. The Morgan fingerprint density at radius 3 is 2.35 bits per heavy atom. The fourth-order valence-corrected chi connectivity index (χ4v) is 6.04. The summed E-state index contributed by atoms with van der Waals surface area (Å²) >= 11 is 0. The van der Waals surface area contributed by atoms with Crippen LogP contribution in [0.25, 0.3) is 11.1 Å². The number of aromatic carboxylic acids is 1. The summed E-state index contributed by atoms with van der Waals surface area (Å²) in [4.78, 5) is 39.4. The monoisotopic (exact) mass is 520 g/mol. The highest BCUT2D eigenvalue weighted by Gasteiger charge is 2.56. The van der Waals surface area contributed by atoms with Crippen LogP contribution in [0.15, 0.2) is 47.4 Å². The van der Waals surface area contributed by atoms with Gasteiger partial charge in [0.15, 0.2) is 0 Å². The van der Waals surface area contributed by atoms with Crippen molar-refractivity contribution < 1.29 is 33.0 Å². The second-order valence-corrected chi connectivity index (χ2v) is 10.5. The van der Waals surface area contributed by atoms with E-state index in [0.717, 1.165) is 12.8 Å². The summed E-state index contributed by atoms with van der Waals surface area (Å²) in [5.41, 5.74) is -1.92. The Bertz CT molecular complexity index is 1220. The van der Waals surface area contributed by atoms with E-state index >= 15 is 0 Å². The summed E-state index contributed by atoms with van der Waals surface area (Å²) in [5.74, 6) is -3.03. The first-order valence-electron chi connectivity index (χ1n) is 12.5. The number of piperidine rings is 1. The Labute approximate surface area is 212 Å². The summed E-state index contributed by atoms with van der Waals surface area (Å²) in [6, 6.07) is 9.93. The van der Waals surface area contributed by atoms with Gasteiger partial charge in [0.25, 0.3) is 5.56 Å². The average molecular weight is 521 g/mol. The van der Waals surface area contributed by atoms with Gasteiger partial charge in [0.2, 0.25) is 5.91 Å². The van der Waals surface area contributed by atoms with Gasteiger partial charge in [-0.3, -0.25) is 9.59 Å². The number of nitrogens with zero attached hydrogens (tertiary/aromatic N) is 2. The second-order valence-electron chi connectivity index (χ2n) is 10.5. The van der Waals surface area contributed by atoms with Crippen molar-refractivity contribution >= 4 is 11.9 Å². The lowest BCUT2D eigenvalue weighted by Gasteiger charge is -2.52. The number of rotatable bonds is 6. The lowest BCUT2D eigenvalue weighted by Crippen LogP contribution is -2.62. The van der Waals surface area contributed by atoms with Gasteiger partial charge in [-0.05, 0) is 24.8 Å². The molecule has 1 aliphatic heterocycles. The predicted molar refractivity (Wildman–Crippen MR) is 130 cm³/mol. The first-order chi connectivity index (χ1) is 17.3. The highest BCUT2D eigenvalue weighted by molar-refractivity contribution is 5.95. The minimum atomic E-state index is -4.45. The highest BCUT2D eigenvalue weighted by atomic mass is 19.4. The molecule has 4 rings (SSSR count). The molecule has 1 saturated carbocycles. The Balaban J connectivity index is 1.64. The maximum absolute atomic E-state index is 13.1. The lowest BCUT2D eigenvalue weighted by molar-refractivity contribution is -0.172. The van der Waals surface area contributed by atoms with Gasteiger partial charge in [0, 0.05) is 42.2 Å². The molecule has 2 heterocycles. The molecule has 1 spiro atoms. The van der Waals surface area contributed by atoms with Gasteiger partial charge in [-0.25, -0.2) is 4.79 Å². The van der Waals surface area contributed by atoms with Gasteiger partial charge in [0.1, 0.15) is 0 Å². The number of pyridine rings is 1. The summed E-state index contributed by atoms with van der Waals surface area (Å²) < 4.78 is 39.8. The van der Waals surface area contributed by atoms with E-state index in [0.29, 0.717) is 18.4 Å². The maximum atomic E-state index is 13.1. The minimum Gasteiger partial charge on any atom is -0.478 e. The molecule has 10 heteroatoms. The number of carboxylic acids is 1. The van der Waals surface area contributed by atoms with Crippen LogP contribution in [0.3, 0.4) is 0 Å². The molecule has 2 N–H and O–H groups in total. The van der Waals surface area contributed by atoms with Gasteiger partial charge in [-0.1, -0.05) is 50.1 Å². The largest absolute Gasteiger partial charge is 0.478 e. The zero-order valence-corrected chi connectivity index (χ0v) is 20.6. The number of amides is 1. The van der Waals surface area contributed by atoms with Gasteiger partial charge < -0.3 is 19.7 Å². The summed E-state index contributed by atoms with van der Waals surface area (Å²) in [7, 11) is 0. The van der Waals surface area contributed by atoms with Crippen molar-refractivity contribution in [3.63, 3.8) is 0 Å². The van der Waals surface area contributed by atoms with Crippen LogP contribution in [0.2, 0.25) is 0 Å². The zero-order valence-electron chi connectivity index (χ0n) is 20.6. The molecule has 200 valence electrons. The lowest BCUT2D eigenvalue weighted by atomic mass is 9.65. The van der Waals surface area contributed by atoms with Crippen molar-refractivity contribution in [2.24, 2.45) is 11.3 Å².